The Morgan fingerprint density at radius 2 is 1.19 bits per heavy atom. The standard InChI is InChI=1S/C51H64OSi/c1-32-28-43-37(35-29-45(50(2,3)4)47(52-8)46(30-35)51(5,6)7)22-16-24-40(43)48(32)53(9,10)49-41-25-17-23-39(44(41)31-42(49)34-26-27-34)38-21-15-14-20-36(38)33-18-12-11-13-19-33/h11-25,29-30,32,34,40-44,48-49H,26-28,31H2,1-10H3. The molecule has 1 nitrogen and oxygen atoms in total. The summed E-state index contributed by atoms with van der Waals surface area (Å²) in [6.07, 6.45) is 20.8. The second-order valence-electron chi connectivity index (χ2n) is 20.2. The Bertz CT molecular complexity index is 1940. The molecule has 5 aliphatic carbocycles. The van der Waals surface area contributed by atoms with Gasteiger partial charge in [-0.1, -0.05) is 153 Å². The smallest absolute Gasteiger partial charge is 0.126 e. The molecule has 278 valence electrons. The summed E-state index contributed by atoms with van der Waals surface area (Å²) in [5.41, 5.74) is 13.0. The second kappa shape index (κ2) is 13.4. The summed E-state index contributed by atoms with van der Waals surface area (Å²) >= 11 is 0. The summed E-state index contributed by atoms with van der Waals surface area (Å²) in [6.45, 7) is 22.4. The molecule has 0 heterocycles. The monoisotopic (exact) mass is 720 g/mol. The van der Waals surface area contributed by atoms with E-state index in [1.54, 1.807) is 11.1 Å². The molecular weight excluding hydrogens is 657 g/mol. The van der Waals surface area contributed by atoms with Crippen LogP contribution >= 0.6 is 0 Å². The van der Waals surface area contributed by atoms with E-state index in [1.807, 2.05) is 7.11 Å². The highest BCUT2D eigenvalue weighted by molar-refractivity contribution is 6.80. The first-order chi connectivity index (χ1) is 25.2. The Labute approximate surface area is 322 Å². The van der Waals surface area contributed by atoms with Crippen molar-refractivity contribution in [2.24, 2.45) is 41.4 Å². The van der Waals surface area contributed by atoms with Crippen LogP contribution in [0.3, 0.4) is 0 Å². The van der Waals surface area contributed by atoms with Crippen molar-refractivity contribution in [2.75, 3.05) is 7.11 Å². The van der Waals surface area contributed by atoms with E-state index in [2.05, 4.69) is 165 Å². The van der Waals surface area contributed by atoms with Crippen LogP contribution in [0.5, 0.6) is 5.75 Å². The molecule has 0 spiro atoms. The number of allylic oxidation sites excluding steroid dienone is 8. The van der Waals surface area contributed by atoms with Crippen molar-refractivity contribution in [2.45, 2.75) is 109 Å². The maximum Gasteiger partial charge on any atom is 0.126 e. The van der Waals surface area contributed by atoms with Gasteiger partial charge in [0.1, 0.15) is 5.75 Å². The molecule has 8 atom stereocenters. The zero-order valence-corrected chi connectivity index (χ0v) is 35.2. The number of hydrogen-bond donors (Lipinski definition) is 0. The topological polar surface area (TPSA) is 9.23 Å². The summed E-state index contributed by atoms with van der Waals surface area (Å²) < 4.78 is 6.20. The Hall–Kier alpha value is -3.36. The summed E-state index contributed by atoms with van der Waals surface area (Å²) in [5, 5.41) is 0. The molecule has 2 heteroatoms. The molecule has 3 fully saturated rings. The summed E-state index contributed by atoms with van der Waals surface area (Å²) in [5.74, 6) is 6.02. The van der Waals surface area contributed by atoms with Gasteiger partial charge in [-0.25, -0.2) is 0 Å². The average Bonchev–Trinajstić information content (AvgIpc) is 3.80. The highest BCUT2D eigenvalue weighted by Gasteiger charge is 2.60. The molecule has 0 aliphatic heterocycles. The van der Waals surface area contributed by atoms with E-state index < -0.39 is 8.07 Å². The van der Waals surface area contributed by atoms with Crippen LogP contribution in [0.2, 0.25) is 24.2 Å². The number of hydrogen-bond acceptors (Lipinski definition) is 1. The lowest BCUT2D eigenvalue weighted by Gasteiger charge is -2.46. The molecule has 3 saturated carbocycles. The van der Waals surface area contributed by atoms with Crippen LogP contribution < -0.4 is 4.74 Å². The van der Waals surface area contributed by atoms with Crippen LogP contribution in [-0.2, 0) is 10.8 Å². The van der Waals surface area contributed by atoms with Gasteiger partial charge in [0, 0.05) is 11.1 Å². The van der Waals surface area contributed by atoms with Crippen molar-refractivity contribution in [1.82, 2.24) is 0 Å². The molecule has 5 aliphatic rings. The minimum Gasteiger partial charge on any atom is -0.496 e. The van der Waals surface area contributed by atoms with E-state index in [4.69, 9.17) is 4.74 Å². The van der Waals surface area contributed by atoms with Crippen molar-refractivity contribution >= 4 is 19.2 Å². The third-order valence-electron chi connectivity index (χ3n) is 14.5. The minimum atomic E-state index is -1.81. The van der Waals surface area contributed by atoms with Gasteiger partial charge < -0.3 is 4.74 Å². The number of fused-ring (bicyclic) bond motifs is 2. The first-order valence-corrected chi connectivity index (χ1v) is 24.0. The average molecular weight is 721 g/mol. The lowest BCUT2D eigenvalue weighted by atomic mass is 9.75. The molecule has 0 N–H and O–H groups in total. The quantitative estimate of drug-likeness (QED) is 0.221. The van der Waals surface area contributed by atoms with E-state index >= 15 is 0 Å². The maximum atomic E-state index is 6.20. The predicted octanol–water partition coefficient (Wildman–Crippen LogP) is 13.9. The predicted molar refractivity (Wildman–Crippen MR) is 230 cm³/mol. The SMILES string of the molecule is COc1c(C(C)(C)C)cc(C2=CC=CC3C2CC(C)C3[Si](C)(C)C2C3C=CC=C(c4ccccc4-c4ccccc4)C3CC2C2CC2)cc1C(C)(C)C. The van der Waals surface area contributed by atoms with Gasteiger partial charge in [0.05, 0.1) is 15.2 Å². The van der Waals surface area contributed by atoms with Crippen molar-refractivity contribution in [3.05, 3.63) is 125 Å². The summed E-state index contributed by atoms with van der Waals surface area (Å²) in [6, 6.07) is 25.3. The van der Waals surface area contributed by atoms with Gasteiger partial charge in [0.25, 0.3) is 0 Å². The molecule has 0 amide bonds. The number of methoxy groups -OCH3 is 1. The lowest BCUT2D eigenvalue weighted by Crippen LogP contribution is -2.46. The highest BCUT2D eigenvalue weighted by Crippen LogP contribution is 2.68. The number of benzene rings is 3. The minimum absolute atomic E-state index is 0.00844. The third kappa shape index (κ3) is 6.39. The van der Waals surface area contributed by atoms with E-state index in [0.29, 0.717) is 23.7 Å². The van der Waals surface area contributed by atoms with Crippen LogP contribution in [0, 0.1) is 41.4 Å². The Balaban J connectivity index is 1.14. The maximum absolute atomic E-state index is 6.20. The van der Waals surface area contributed by atoms with Gasteiger partial charge >= 0.3 is 0 Å². The Kier molecular flexibility index (Phi) is 9.28. The number of ether oxygens (including phenoxy) is 1. The first kappa shape index (κ1) is 36.6. The zero-order chi connectivity index (χ0) is 37.4. The molecule has 0 bridgehead atoms. The Morgan fingerprint density at radius 3 is 1.77 bits per heavy atom. The van der Waals surface area contributed by atoms with Gasteiger partial charge in [-0.3, -0.25) is 0 Å². The largest absolute Gasteiger partial charge is 0.496 e. The van der Waals surface area contributed by atoms with Crippen LogP contribution in [-0.4, -0.2) is 15.2 Å². The molecule has 0 radical (unpaired) electrons. The van der Waals surface area contributed by atoms with Gasteiger partial charge in [0.15, 0.2) is 0 Å². The van der Waals surface area contributed by atoms with E-state index in [9.17, 15) is 0 Å². The van der Waals surface area contributed by atoms with Gasteiger partial charge in [-0.2, -0.15) is 0 Å². The fraction of sp³-hybridized carbons (Fsp3) is 0.490. The molecule has 0 saturated heterocycles. The second-order valence-corrected chi connectivity index (χ2v) is 25.2. The molecule has 53 heavy (non-hydrogen) atoms. The van der Waals surface area contributed by atoms with Crippen molar-refractivity contribution in [3.8, 4) is 16.9 Å². The number of rotatable bonds is 7. The van der Waals surface area contributed by atoms with Crippen LogP contribution in [0.4, 0.5) is 0 Å². The first-order valence-electron chi connectivity index (χ1n) is 20.8. The van der Waals surface area contributed by atoms with Crippen molar-refractivity contribution < 1.29 is 4.74 Å². The van der Waals surface area contributed by atoms with E-state index in [0.717, 1.165) is 34.6 Å². The fourth-order valence-electron chi connectivity index (χ4n) is 12.3. The van der Waals surface area contributed by atoms with E-state index in [-0.39, 0.29) is 10.8 Å². The van der Waals surface area contributed by atoms with Crippen LogP contribution in [0.25, 0.3) is 22.3 Å². The fourth-order valence-corrected chi connectivity index (χ4v) is 18.5. The Morgan fingerprint density at radius 1 is 0.642 bits per heavy atom. The third-order valence-corrected chi connectivity index (χ3v) is 19.7. The molecule has 3 aromatic rings. The lowest BCUT2D eigenvalue weighted by molar-refractivity contribution is 0.381. The molecule has 8 unspecified atom stereocenters. The van der Waals surface area contributed by atoms with Crippen molar-refractivity contribution in [1.29, 1.82) is 0 Å². The van der Waals surface area contributed by atoms with E-state index in [1.165, 1.54) is 59.1 Å². The molecule has 0 aromatic heterocycles. The van der Waals surface area contributed by atoms with Gasteiger partial charge in [0.2, 0.25) is 0 Å². The van der Waals surface area contributed by atoms with Crippen LogP contribution in [0.1, 0.15) is 96.4 Å². The normalized spacial score (nSPS) is 29.8. The molecular formula is C51H64OSi. The molecule has 8 rings (SSSR count). The van der Waals surface area contributed by atoms with Crippen LogP contribution in [0.15, 0.2) is 103 Å². The van der Waals surface area contributed by atoms with Gasteiger partial charge in [-0.15, -0.1) is 0 Å². The summed E-state index contributed by atoms with van der Waals surface area (Å²) in [4.78, 5) is 0. The van der Waals surface area contributed by atoms with Crippen molar-refractivity contribution in [3.63, 3.8) is 0 Å². The highest BCUT2D eigenvalue weighted by atomic mass is 28.3. The molecule has 3 aromatic carbocycles. The summed E-state index contributed by atoms with van der Waals surface area (Å²) in [7, 11) is 0.0455. The van der Waals surface area contributed by atoms with Gasteiger partial charge in [-0.05, 0) is 135 Å². The zero-order valence-electron chi connectivity index (χ0n) is 34.2.